The van der Waals surface area contributed by atoms with Gasteiger partial charge in [0.25, 0.3) is 0 Å². The quantitative estimate of drug-likeness (QED) is 0.203. The van der Waals surface area contributed by atoms with Crippen LogP contribution in [0, 0.1) is 12.1 Å². The first-order valence-corrected chi connectivity index (χ1v) is 10.7. The van der Waals surface area contributed by atoms with Crippen LogP contribution in [0.1, 0.15) is 0 Å². The van der Waals surface area contributed by atoms with E-state index >= 15 is 0 Å². The zero-order valence-electron chi connectivity index (χ0n) is 18.3. The molecule has 2 heterocycles. The smallest absolute Gasteiger partial charge is 0.497 e. The Hall–Kier alpha value is -3.75. The van der Waals surface area contributed by atoms with E-state index in [0.717, 1.165) is 44.5 Å². The standard InChI is InChI=1S/C29H19N3O.Pt/c1-32-27-15-5-4-14-26(27)31-29(32)22-10-7-12-24(19-22)33-23-11-6-9-21(18-23)28-25-13-3-2-8-20(25)16-17-30-28;/h2-17H,1H3;/q-2;+2. The Labute approximate surface area is 212 Å². The Bertz CT molecular complexity index is 1620. The first kappa shape index (κ1) is 22.1. The van der Waals surface area contributed by atoms with Crippen LogP contribution < -0.4 is 4.74 Å². The first-order chi connectivity index (χ1) is 16.3. The van der Waals surface area contributed by atoms with Crippen molar-refractivity contribution in [3.63, 3.8) is 0 Å². The summed E-state index contributed by atoms with van der Waals surface area (Å²) in [5.74, 6) is 2.07. The summed E-state index contributed by atoms with van der Waals surface area (Å²) in [6.07, 6.45) is 1.83. The van der Waals surface area contributed by atoms with Crippen molar-refractivity contribution in [2.75, 3.05) is 0 Å². The number of ether oxygens (including phenoxy) is 1. The van der Waals surface area contributed by atoms with Crippen LogP contribution in [0.15, 0.2) is 97.2 Å². The Morgan fingerprint density at radius 2 is 1.44 bits per heavy atom. The third-order valence-electron chi connectivity index (χ3n) is 5.71. The third kappa shape index (κ3) is 4.02. The number of aryl methyl sites for hydroxylation is 1. The van der Waals surface area contributed by atoms with E-state index in [0.29, 0.717) is 11.5 Å². The zero-order chi connectivity index (χ0) is 22.2. The van der Waals surface area contributed by atoms with Crippen LogP contribution in [0.5, 0.6) is 11.5 Å². The Morgan fingerprint density at radius 3 is 2.26 bits per heavy atom. The second-order valence-electron chi connectivity index (χ2n) is 7.82. The molecule has 4 aromatic carbocycles. The summed E-state index contributed by atoms with van der Waals surface area (Å²) in [5.41, 5.74) is 4.68. The summed E-state index contributed by atoms with van der Waals surface area (Å²) in [6.45, 7) is 0. The van der Waals surface area contributed by atoms with Gasteiger partial charge in [0.2, 0.25) is 0 Å². The number of imidazole rings is 1. The number of rotatable bonds is 4. The molecule has 6 rings (SSSR count). The summed E-state index contributed by atoms with van der Waals surface area (Å²) in [7, 11) is 2.01. The van der Waals surface area contributed by atoms with Crippen LogP contribution in [-0.4, -0.2) is 14.5 Å². The van der Waals surface area contributed by atoms with Gasteiger partial charge in [-0.15, -0.1) is 47.5 Å². The van der Waals surface area contributed by atoms with Crippen LogP contribution in [0.2, 0.25) is 0 Å². The van der Waals surface area contributed by atoms with Crippen molar-refractivity contribution in [1.82, 2.24) is 14.5 Å². The molecule has 34 heavy (non-hydrogen) atoms. The number of hydrogen-bond donors (Lipinski definition) is 0. The molecule has 0 aliphatic heterocycles. The van der Waals surface area contributed by atoms with Crippen molar-refractivity contribution in [1.29, 1.82) is 0 Å². The van der Waals surface area contributed by atoms with Gasteiger partial charge in [-0.25, -0.2) is 0 Å². The molecule has 5 heteroatoms. The molecule has 0 saturated carbocycles. The molecule has 0 radical (unpaired) electrons. The SMILES string of the molecule is Cn1c(-c2[c-]c(Oc3[c-]c(-c4nccc5ccccc45)ccc3)ccc2)nc2ccccc21.[Pt+2]. The number of hydrogen-bond acceptors (Lipinski definition) is 3. The average molecular weight is 621 g/mol. The number of nitrogens with zero attached hydrogens (tertiary/aromatic N) is 3. The number of fused-ring (bicyclic) bond motifs is 2. The molecular formula is C29H19N3OPt. The number of para-hydroxylation sites is 2. The minimum Gasteiger partial charge on any atom is -0.497 e. The average Bonchev–Trinajstić information content (AvgIpc) is 3.21. The van der Waals surface area contributed by atoms with E-state index in [9.17, 15) is 0 Å². The van der Waals surface area contributed by atoms with Crippen LogP contribution in [-0.2, 0) is 28.1 Å². The van der Waals surface area contributed by atoms with Crippen molar-refractivity contribution in [3.05, 3.63) is 109 Å². The molecule has 0 amide bonds. The van der Waals surface area contributed by atoms with E-state index in [1.54, 1.807) is 0 Å². The Kier molecular flexibility index (Phi) is 6.00. The molecule has 0 aliphatic carbocycles. The molecule has 4 nitrogen and oxygen atoms in total. The van der Waals surface area contributed by atoms with Gasteiger partial charge >= 0.3 is 21.1 Å². The van der Waals surface area contributed by atoms with Gasteiger partial charge < -0.3 is 14.3 Å². The van der Waals surface area contributed by atoms with E-state index in [-0.39, 0.29) is 21.1 Å². The predicted octanol–water partition coefficient (Wildman–Crippen LogP) is 6.85. The van der Waals surface area contributed by atoms with Crippen molar-refractivity contribution >= 4 is 21.8 Å². The second-order valence-corrected chi connectivity index (χ2v) is 7.82. The molecule has 0 N–H and O–H groups in total. The minimum atomic E-state index is 0. The van der Waals surface area contributed by atoms with E-state index < -0.39 is 0 Å². The van der Waals surface area contributed by atoms with Gasteiger partial charge in [-0.3, -0.25) is 4.98 Å². The Morgan fingerprint density at radius 1 is 0.735 bits per heavy atom. The van der Waals surface area contributed by atoms with Crippen molar-refractivity contribution in [2.24, 2.45) is 7.05 Å². The van der Waals surface area contributed by atoms with Gasteiger partial charge in [0, 0.05) is 24.7 Å². The topological polar surface area (TPSA) is 39.9 Å². The maximum absolute atomic E-state index is 6.15. The maximum atomic E-state index is 6.15. The molecule has 0 bridgehead atoms. The van der Waals surface area contributed by atoms with E-state index in [1.165, 1.54) is 0 Å². The summed E-state index contributed by atoms with van der Waals surface area (Å²) in [4.78, 5) is 9.38. The van der Waals surface area contributed by atoms with Crippen LogP contribution in [0.25, 0.3) is 44.5 Å². The molecule has 2 aromatic heterocycles. The van der Waals surface area contributed by atoms with E-state index in [2.05, 4.69) is 39.9 Å². The van der Waals surface area contributed by atoms with Crippen LogP contribution in [0.4, 0.5) is 0 Å². The van der Waals surface area contributed by atoms with Crippen molar-refractivity contribution in [2.45, 2.75) is 0 Å². The molecule has 0 spiro atoms. The van der Waals surface area contributed by atoms with Crippen LogP contribution in [0.3, 0.4) is 0 Å². The van der Waals surface area contributed by atoms with Gasteiger partial charge in [-0.2, -0.15) is 0 Å². The fourth-order valence-electron chi connectivity index (χ4n) is 4.12. The number of aromatic nitrogens is 3. The van der Waals surface area contributed by atoms with Crippen molar-refractivity contribution in [3.8, 4) is 34.1 Å². The van der Waals surface area contributed by atoms with Gasteiger partial charge in [-0.1, -0.05) is 48.5 Å². The fourth-order valence-corrected chi connectivity index (χ4v) is 4.12. The zero-order valence-corrected chi connectivity index (χ0v) is 20.6. The largest absolute Gasteiger partial charge is 2.00 e. The van der Waals surface area contributed by atoms with E-state index in [1.807, 2.05) is 86.0 Å². The predicted molar refractivity (Wildman–Crippen MR) is 131 cm³/mol. The summed E-state index contributed by atoms with van der Waals surface area (Å²) in [6, 6.07) is 36.7. The normalized spacial score (nSPS) is 10.9. The van der Waals surface area contributed by atoms with Gasteiger partial charge in [0.05, 0.1) is 16.9 Å². The number of benzene rings is 4. The van der Waals surface area contributed by atoms with Crippen molar-refractivity contribution < 1.29 is 25.8 Å². The third-order valence-corrected chi connectivity index (χ3v) is 5.71. The Balaban J connectivity index is 0.00000241. The van der Waals surface area contributed by atoms with Gasteiger partial charge in [0.1, 0.15) is 0 Å². The molecule has 0 aliphatic rings. The van der Waals surface area contributed by atoms with Crippen LogP contribution >= 0.6 is 0 Å². The molecule has 0 saturated heterocycles. The maximum Gasteiger partial charge on any atom is 2.00 e. The molecular weight excluding hydrogens is 601 g/mol. The monoisotopic (exact) mass is 620 g/mol. The minimum absolute atomic E-state index is 0. The second kappa shape index (κ2) is 9.24. The molecule has 6 aromatic rings. The molecule has 0 fully saturated rings. The molecule has 0 atom stereocenters. The van der Waals surface area contributed by atoms with Gasteiger partial charge in [-0.05, 0) is 34.7 Å². The van der Waals surface area contributed by atoms with E-state index in [4.69, 9.17) is 9.72 Å². The molecule has 0 unspecified atom stereocenters. The fraction of sp³-hybridized carbons (Fsp3) is 0.0345. The molecule has 166 valence electrons. The summed E-state index contributed by atoms with van der Waals surface area (Å²) in [5, 5.41) is 2.23. The first-order valence-electron chi connectivity index (χ1n) is 10.7. The number of pyridine rings is 1. The summed E-state index contributed by atoms with van der Waals surface area (Å²) < 4.78 is 8.23. The summed E-state index contributed by atoms with van der Waals surface area (Å²) >= 11 is 0. The van der Waals surface area contributed by atoms with Gasteiger partial charge in [0.15, 0.2) is 0 Å².